The Morgan fingerprint density at radius 1 is 1.18 bits per heavy atom. The number of aliphatic hydroxyl groups is 2. The van der Waals surface area contributed by atoms with E-state index in [2.05, 4.69) is 20.8 Å². The van der Waals surface area contributed by atoms with Crippen LogP contribution in [0.1, 0.15) is 53.4 Å². The van der Waals surface area contributed by atoms with Gasteiger partial charge in [-0.05, 0) is 61.2 Å². The Balaban J connectivity index is 2.07. The molecular formula is C15H26O2. The molecule has 4 aliphatic carbocycles. The summed E-state index contributed by atoms with van der Waals surface area (Å²) in [4.78, 5) is 0. The lowest BCUT2D eigenvalue weighted by Crippen LogP contribution is -2.63. The highest BCUT2D eigenvalue weighted by Gasteiger charge is 2.72. The number of fused-ring (bicyclic) bond motifs is 2. The van der Waals surface area contributed by atoms with Gasteiger partial charge < -0.3 is 10.2 Å². The highest BCUT2D eigenvalue weighted by molar-refractivity contribution is 5.21. The first kappa shape index (κ1) is 12.0. The average molecular weight is 238 g/mol. The normalized spacial score (nSPS) is 60.4. The van der Waals surface area contributed by atoms with Crippen molar-refractivity contribution >= 4 is 0 Å². The summed E-state index contributed by atoms with van der Waals surface area (Å²) in [5.74, 6) is 1.58. The molecule has 4 fully saturated rings. The number of hydrogen-bond donors (Lipinski definition) is 2. The Morgan fingerprint density at radius 3 is 2.41 bits per heavy atom. The second-order valence-corrected chi connectivity index (χ2v) is 7.73. The van der Waals surface area contributed by atoms with Crippen LogP contribution in [-0.4, -0.2) is 21.9 Å². The van der Waals surface area contributed by atoms with Gasteiger partial charge in [0.05, 0.1) is 11.7 Å². The molecule has 6 atom stereocenters. The van der Waals surface area contributed by atoms with Crippen LogP contribution in [0, 0.1) is 28.6 Å². The maximum Gasteiger partial charge on any atom is 0.0911 e. The van der Waals surface area contributed by atoms with Crippen LogP contribution < -0.4 is 0 Å². The smallest absolute Gasteiger partial charge is 0.0911 e. The molecule has 4 saturated carbocycles. The van der Waals surface area contributed by atoms with Gasteiger partial charge >= 0.3 is 0 Å². The van der Waals surface area contributed by atoms with Gasteiger partial charge in [0.1, 0.15) is 0 Å². The fourth-order valence-corrected chi connectivity index (χ4v) is 5.67. The van der Waals surface area contributed by atoms with E-state index < -0.39 is 11.7 Å². The molecule has 0 saturated heterocycles. The third-order valence-corrected chi connectivity index (χ3v) is 7.02. The number of rotatable bonds is 0. The third kappa shape index (κ3) is 1.14. The zero-order chi connectivity index (χ0) is 12.6. The van der Waals surface area contributed by atoms with Gasteiger partial charge in [0.15, 0.2) is 0 Å². The molecule has 4 aliphatic rings. The molecular weight excluding hydrogens is 212 g/mol. The lowest BCUT2D eigenvalue weighted by Gasteiger charge is -2.65. The quantitative estimate of drug-likeness (QED) is 0.681. The Labute approximate surface area is 104 Å². The van der Waals surface area contributed by atoms with Gasteiger partial charge in [-0.2, -0.15) is 0 Å². The van der Waals surface area contributed by atoms with E-state index in [-0.39, 0.29) is 11.3 Å². The summed E-state index contributed by atoms with van der Waals surface area (Å²) in [5, 5.41) is 21.0. The zero-order valence-electron chi connectivity index (χ0n) is 11.5. The molecule has 6 unspecified atom stereocenters. The van der Waals surface area contributed by atoms with Gasteiger partial charge in [-0.3, -0.25) is 0 Å². The molecule has 0 radical (unpaired) electrons. The lowest BCUT2D eigenvalue weighted by molar-refractivity contribution is -0.214. The van der Waals surface area contributed by atoms with Crippen molar-refractivity contribution in [1.29, 1.82) is 0 Å². The van der Waals surface area contributed by atoms with E-state index in [4.69, 9.17) is 0 Å². The predicted octanol–water partition coefficient (Wildman–Crippen LogP) is 2.58. The molecule has 0 aromatic carbocycles. The molecule has 0 aliphatic heterocycles. The van der Waals surface area contributed by atoms with E-state index in [1.807, 2.05) is 6.92 Å². The van der Waals surface area contributed by atoms with Crippen molar-refractivity contribution in [3.05, 3.63) is 0 Å². The maximum atomic E-state index is 10.7. The van der Waals surface area contributed by atoms with Crippen molar-refractivity contribution in [1.82, 2.24) is 0 Å². The molecule has 98 valence electrons. The van der Waals surface area contributed by atoms with Crippen molar-refractivity contribution in [2.45, 2.75) is 65.1 Å². The summed E-state index contributed by atoms with van der Waals surface area (Å²) < 4.78 is 0. The minimum Gasteiger partial charge on any atom is -0.390 e. The first-order valence-corrected chi connectivity index (χ1v) is 7.14. The number of hydrogen-bond acceptors (Lipinski definition) is 2. The summed E-state index contributed by atoms with van der Waals surface area (Å²) in [6.07, 6.45) is 3.98. The van der Waals surface area contributed by atoms with Gasteiger partial charge in [-0.25, -0.2) is 0 Å². The largest absolute Gasteiger partial charge is 0.390 e. The number of aliphatic hydroxyl groups excluding tert-OH is 1. The van der Waals surface area contributed by atoms with Crippen LogP contribution in [0.3, 0.4) is 0 Å². The van der Waals surface area contributed by atoms with Crippen LogP contribution in [0.4, 0.5) is 0 Å². The van der Waals surface area contributed by atoms with Crippen molar-refractivity contribution in [3.8, 4) is 0 Å². The van der Waals surface area contributed by atoms with E-state index in [9.17, 15) is 10.2 Å². The predicted molar refractivity (Wildman–Crippen MR) is 67.5 cm³/mol. The van der Waals surface area contributed by atoms with Gasteiger partial charge in [-0.15, -0.1) is 0 Å². The summed E-state index contributed by atoms with van der Waals surface area (Å²) in [7, 11) is 0. The fourth-order valence-electron chi connectivity index (χ4n) is 5.67. The van der Waals surface area contributed by atoms with E-state index in [0.717, 1.165) is 12.8 Å². The standard InChI is InChI=1S/C15H26O2/c1-9-5-6-15-8-11(13(15,2)3)14(4,17)12(16)7-10(9)15/h9-12,16-17H,5-8H2,1-4H3. The molecule has 0 amide bonds. The Kier molecular flexibility index (Phi) is 2.17. The van der Waals surface area contributed by atoms with E-state index in [0.29, 0.717) is 17.3 Å². The summed E-state index contributed by atoms with van der Waals surface area (Å²) in [6.45, 7) is 8.82. The molecule has 2 bridgehead atoms. The first-order valence-electron chi connectivity index (χ1n) is 7.14. The summed E-state index contributed by atoms with van der Waals surface area (Å²) in [6, 6.07) is 0. The SMILES string of the molecule is CC1CCC23CC(C(C)(O)C(O)CC12)C3(C)C. The highest BCUT2D eigenvalue weighted by atomic mass is 16.3. The second kappa shape index (κ2) is 3.08. The molecule has 0 aromatic heterocycles. The Morgan fingerprint density at radius 2 is 1.82 bits per heavy atom. The van der Waals surface area contributed by atoms with Crippen LogP contribution in [0.2, 0.25) is 0 Å². The highest BCUT2D eigenvalue weighted by Crippen LogP contribution is 2.75. The van der Waals surface area contributed by atoms with Crippen LogP contribution in [0.5, 0.6) is 0 Å². The van der Waals surface area contributed by atoms with Gasteiger partial charge in [0.2, 0.25) is 0 Å². The van der Waals surface area contributed by atoms with E-state index >= 15 is 0 Å². The molecule has 0 aromatic rings. The molecule has 2 N–H and O–H groups in total. The average Bonchev–Trinajstić information content (AvgIpc) is 2.49. The van der Waals surface area contributed by atoms with Crippen LogP contribution >= 0.6 is 0 Å². The third-order valence-electron chi connectivity index (χ3n) is 7.02. The van der Waals surface area contributed by atoms with E-state index in [1.165, 1.54) is 12.8 Å². The van der Waals surface area contributed by atoms with Crippen LogP contribution in [0.25, 0.3) is 0 Å². The van der Waals surface area contributed by atoms with Crippen LogP contribution in [0.15, 0.2) is 0 Å². The van der Waals surface area contributed by atoms with Crippen molar-refractivity contribution in [3.63, 3.8) is 0 Å². The van der Waals surface area contributed by atoms with Crippen molar-refractivity contribution in [2.24, 2.45) is 28.6 Å². The second-order valence-electron chi connectivity index (χ2n) is 7.73. The summed E-state index contributed by atoms with van der Waals surface area (Å²) in [5.41, 5.74) is -0.305. The van der Waals surface area contributed by atoms with Gasteiger partial charge in [0.25, 0.3) is 0 Å². The fraction of sp³-hybridized carbons (Fsp3) is 1.00. The molecule has 0 heterocycles. The molecule has 17 heavy (non-hydrogen) atoms. The Hall–Kier alpha value is -0.0800. The molecule has 2 heteroatoms. The topological polar surface area (TPSA) is 40.5 Å². The zero-order valence-corrected chi connectivity index (χ0v) is 11.5. The molecule has 4 rings (SSSR count). The van der Waals surface area contributed by atoms with Crippen molar-refractivity contribution < 1.29 is 10.2 Å². The van der Waals surface area contributed by atoms with Gasteiger partial charge in [0, 0.05) is 0 Å². The maximum absolute atomic E-state index is 10.7. The minimum absolute atomic E-state index is 0.184. The Bertz CT molecular complexity index is 347. The first-order chi connectivity index (χ1) is 7.73. The lowest BCUT2D eigenvalue weighted by atomic mass is 9.40. The molecule has 2 nitrogen and oxygen atoms in total. The van der Waals surface area contributed by atoms with Crippen LogP contribution in [-0.2, 0) is 0 Å². The minimum atomic E-state index is -0.890. The van der Waals surface area contributed by atoms with Gasteiger partial charge in [-0.1, -0.05) is 20.8 Å². The van der Waals surface area contributed by atoms with E-state index in [1.54, 1.807) is 0 Å². The summed E-state index contributed by atoms with van der Waals surface area (Å²) >= 11 is 0. The van der Waals surface area contributed by atoms with Crippen molar-refractivity contribution in [2.75, 3.05) is 0 Å². The monoisotopic (exact) mass is 238 g/mol. The molecule has 1 spiro atoms.